The molecule has 4 rings (SSSR count). The van der Waals surface area contributed by atoms with Gasteiger partial charge in [0.15, 0.2) is 16.3 Å². The molecular weight excluding hydrogens is 576 g/mol. The molecule has 11 heteroatoms. The van der Waals surface area contributed by atoms with Crippen LogP contribution >= 0.6 is 27.3 Å². The number of rotatable bonds is 7. The van der Waals surface area contributed by atoms with Gasteiger partial charge >= 0.3 is 11.9 Å². The smallest absolute Gasteiger partial charge is 0.338 e. The highest BCUT2D eigenvalue weighted by Crippen LogP contribution is 2.40. The van der Waals surface area contributed by atoms with Gasteiger partial charge in [0.1, 0.15) is 0 Å². The normalized spacial score (nSPS) is 15.0. The monoisotopic (exact) mass is 600 g/mol. The Hall–Kier alpha value is -3.70. The van der Waals surface area contributed by atoms with Crippen LogP contribution in [-0.2, 0) is 14.3 Å². The molecule has 0 N–H and O–H groups in total. The highest BCUT2D eigenvalue weighted by molar-refractivity contribution is 9.10. The molecule has 0 radical (unpaired) electrons. The van der Waals surface area contributed by atoms with E-state index in [1.807, 2.05) is 0 Å². The second kappa shape index (κ2) is 11.4. The van der Waals surface area contributed by atoms with E-state index in [1.54, 1.807) is 56.3 Å². The van der Waals surface area contributed by atoms with Crippen LogP contribution in [0.25, 0.3) is 6.08 Å². The number of nitrogens with zero attached hydrogens (tertiary/aromatic N) is 2. The van der Waals surface area contributed by atoms with Gasteiger partial charge < -0.3 is 18.9 Å². The molecule has 198 valence electrons. The predicted octanol–water partition coefficient (Wildman–Crippen LogP) is 3.36. The summed E-state index contributed by atoms with van der Waals surface area (Å²) in [6.07, 6.45) is 1.72. The number of esters is 2. The molecule has 38 heavy (non-hydrogen) atoms. The summed E-state index contributed by atoms with van der Waals surface area (Å²) >= 11 is 4.79. The topological polar surface area (TPSA) is 105 Å². The SMILES string of the molecule is CCOC(=O)C1=C(C)N=c2s/c(=C\c3ccc(C(=O)OC)cc3)c(=O)n2[C@H]1c1cc(OC)c(OC)cc1Br. The molecule has 2 aromatic carbocycles. The molecule has 0 amide bonds. The lowest BCUT2D eigenvalue weighted by Gasteiger charge is -2.26. The lowest BCUT2D eigenvalue weighted by Crippen LogP contribution is -2.40. The molecule has 0 saturated carbocycles. The first-order chi connectivity index (χ1) is 18.2. The number of thiazole rings is 1. The standard InChI is InChI=1S/C27H25BrN2O7S/c1-6-37-26(33)22-14(2)29-27-30(23(22)17-12-19(34-3)20(35-4)13-18(17)28)24(31)21(38-27)11-15-7-9-16(10-8-15)25(32)36-5/h7-13,23H,6H2,1-5H3/b21-11-/t23-/m0/s1. The van der Waals surface area contributed by atoms with Crippen molar-refractivity contribution in [2.45, 2.75) is 19.9 Å². The number of carbonyl (C=O) groups excluding carboxylic acids is 2. The van der Waals surface area contributed by atoms with Crippen molar-refractivity contribution >= 4 is 45.3 Å². The molecule has 0 spiro atoms. The minimum absolute atomic E-state index is 0.168. The summed E-state index contributed by atoms with van der Waals surface area (Å²) in [6.45, 7) is 3.60. The summed E-state index contributed by atoms with van der Waals surface area (Å²) in [5, 5.41) is 0. The summed E-state index contributed by atoms with van der Waals surface area (Å²) in [7, 11) is 4.36. The van der Waals surface area contributed by atoms with E-state index in [0.717, 1.165) is 0 Å². The Labute approximate surface area is 230 Å². The van der Waals surface area contributed by atoms with Crippen LogP contribution in [0.3, 0.4) is 0 Å². The molecular formula is C27H25BrN2O7S. The summed E-state index contributed by atoms with van der Waals surface area (Å²) in [4.78, 5) is 43.7. The third kappa shape index (κ3) is 5.03. The molecule has 9 nitrogen and oxygen atoms in total. The van der Waals surface area contributed by atoms with Crippen LogP contribution in [0.4, 0.5) is 0 Å². The van der Waals surface area contributed by atoms with E-state index in [2.05, 4.69) is 20.9 Å². The molecule has 1 aliphatic rings. The van der Waals surface area contributed by atoms with Crippen LogP contribution in [0.15, 0.2) is 61.9 Å². The highest BCUT2D eigenvalue weighted by atomic mass is 79.9. The van der Waals surface area contributed by atoms with E-state index >= 15 is 0 Å². The summed E-state index contributed by atoms with van der Waals surface area (Å²) in [5.74, 6) is -0.0767. The Morgan fingerprint density at radius 2 is 1.74 bits per heavy atom. The largest absolute Gasteiger partial charge is 0.493 e. The molecule has 3 aromatic rings. The molecule has 0 bridgehead atoms. The van der Waals surface area contributed by atoms with Crippen LogP contribution in [0, 0.1) is 0 Å². The maximum absolute atomic E-state index is 13.8. The van der Waals surface area contributed by atoms with Gasteiger partial charge in [0.05, 0.1) is 55.3 Å². The first-order valence-corrected chi connectivity index (χ1v) is 13.1. The zero-order valence-corrected chi connectivity index (χ0v) is 23.8. The van der Waals surface area contributed by atoms with Crippen molar-refractivity contribution in [2.75, 3.05) is 27.9 Å². The number of ether oxygens (including phenoxy) is 4. The van der Waals surface area contributed by atoms with Crippen molar-refractivity contribution in [3.63, 3.8) is 0 Å². The zero-order chi connectivity index (χ0) is 27.6. The molecule has 0 aliphatic carbocycles. The van der Waals surface area contributed by atoms with Crippen LogP contribution in [-0.4, -0.2) is 44.4 Å². The van der Waals surface area contributed by atoms with Gasteiger partial charge in [-0.25, -0.2) is 14.6 Å². The Kier molecular flexibility index (Phi) is 8.17. The first kappa shape index (κ1) is 27.3. The highest BCUT2D eigenvalue weighted by Gasteiger charge is 2.35. The molecule has 1 aromatic heterocycles. The minimum atomic E-state index is -0.830. The van der Waals surface area contributed by atoms with Crippen molar-refractivity contribution in [3.8, 4) is 11.5 Å². The molecule has 0 saturated heterocycles. The van der Waals surface area contributed by atoms with Crippen molar-refractivity contribution < 1.29 is 28.5 Å². The summed E-state index contributed by atoms with van der Waals surface area (Å²) < 4.78 is 23.5. The Bertz CT molecular complexity index is 1620. The van der Waals surface area contributed by atoms with E-state index in [0.29, 0.717) is 47.7 Å². The van der Waals surface area contributed by atoms with Crippen molar-refractivity contribution in [3.05, 3.63) is 88.5 Å². The van der Waals surface area contributed by atoms with Crippen LogP contribution < -0.4 is 24.4 Å². The van der Waals surface area contributed by atoms with Gasteiger partial charge in [0.25, 0.3) is 5.56 Å². The van der Waals surface area contributed by atoms with Gasteiger partial charge in [-0.05, 0) is 55.3 Å². The zero-order valence-electron chi connectivity index (χ0n) is 21.4. The Morgan fingerprint density at radius 1 is 1.08 bits per heavy atom. The van der Waals surface area contributed by atoms with Gasteiger partial charge in [-0.3, -0.25) is 9.36 Å². The number of aromatic nitrogens is 1. The number of methoxy groups -OCH3 is 3. The van der Waals surface area contributed by atoms with Crippen molar-refractivity contribution in [1.82, 2.24) is 4.57 Å². The second-order valence-corrected chi connectivity index (χ2v) is 10.0. The summed E-state index contributed by atoms with van der Waals surface area (Å²) in [5.41, 5.74) is 2.10. The number of halogens is 1. The van der Waals surface area contributed by atoms with E-state index in [1.165, 1.54) is 37.2 Å². The summed E-state index contributed by atoms with van der Waals surface area (Å²) in [6, 6.07) is 9.33. The fourth-order valence-corrected chi connectivity index (χ4v) is 5.74. The van der Waals surface area contributed by atoms with E-state index < -0.39 is 18.0 Å². The van der Waals surface area contributed by atoms with Crippen LogP contribution in [0.5, 0.6) is 11.5 Å². The number of allylic oxidation sites excluding steroid dienone is 1. The fraction of sp³-hybridized carbons (Fsp3) is 0.259. The molecule has 0 unspecified atom stereocenters. The minimum Gasteiger partial charge on any atom is -0.493 e. The number of fused-ring (bicyclic) bond motifs is 1. The maximum Gasteiger partial charge on any atom is 0.338 e. The van der Waals surface area contributed by atoms with Gasteiger partial charge in [-0.15, -0.1) is 0 Å². The lowest BCUT2D eigenvalue weighted by atomic mass is 9.95. The fourth-order valence-electron chi connectivity index (χ4n) is 4.15. The number of hydrogen-bond acceptors (Lipinski definition) is 9. The molecule has 2 heterocycles. The second-order valence-electron chi connectivity index (χ2n) is 8.14. The van der Waals surface area contributed by atoms with Crippen LogP contribution in [0.2, 0.25) is 0 Å². The number of benzene rings is 2. The van der Waals surface area contributed by atoms with E-state index in [-0.39, 0.29) is 17.7 Å². The predicted molar refractivity (Wildman–Crippen MR) is 145 cm³/mol. The molecule has 0 fully saturated rings. The van der Waals surface area contributed by atoms with Gasteiger partial charge in [-0.1, -0.05) is 39.4 Å². The van der Waals surface area contributed by atoms with Crippen molar-refractivity contribution in [1.29, 1.82) is 0 Å². The molecule has 1 aliphatic heterocycles. The average molecular weight is 601 g/mol. The number of carbonyl (C=O) groups is 2. The molecule has 1 atom stereocenters. The van der Waals surface area contributed by atoms with Crippen molar-refractivity contribution in [2.24, 2.45) is 4.99 Å². The van der Waals surface area contributed by atoms with Gasteiger partial charge in [0.2, 0.25) is 0 Å². The third-order valence-electron chi connectivity index (χ3n) is 5.94. The number of hydrogen-bond donors (Lipinski definition) is 0. The maximum atomic E-state index is 13.8. The van der Waals surface area contributed by atoms with E-state index in [4.69, 9.17) is 18.9 Å². The van der Waals surface area contributed by atoms with E-state index in [9.17, 15) is 14.4 Å². The van der Waals surface area contributed by atoms with Gasteiger partial charge in [0, 0.05) is 4.47 Å². The third-order valence-corrected chi connectivity index (χ3v) is 7.61. The lowest BCUT2D eigenvalue weighted by molar-refractivity contribution is -0.139. The Morgan fingerprint density at radius 3 is 2.34 bits per heavy atom. The first-order valence-electron chi connectivity index (χ1n) is 11.5. The quantitative estimate of drug-likeness (QED) is 0.383. The van der Waals surface area contributed by atoms with Crippen LogP contribution in [0.1, 0.15) is 41.4 Å². The average Bonchev–Trinajstić information content (AvgIpc) is 3.21. The Balaban J connectivity index is 1.94. The van der Waals surface area contributed by atoms with Gasteiger partial charge in [-0.2, -0.15) is 0 Å².